The van der Waals surface area contributed by atoms with Gasteiger partial charge in [0.15, 0.2) is 4.80 Å². The van der Waals surface area contributed by atoms with Gasteiger partial charge in [-0.1, -0.05) is 84.1 Å². The third-order valence-electron chi connectivity index (χ3n) is 7.46. The Labute approximate surface area is 264 Å². The molecule has 0 N–H and O–H groups in total. The molecule has 1 aliphatic rings. The van der Waals surface area contributed by atoms with Crippen LogP contribution in [0.2, 0.25) is 0 Å². The highest BCUT2D eigenvalue weighted by atomic mass is 32.2. The van der Waals surface area contributed by atoms with Crippen LogP contribution in [0.5, 0.6) is 5.75 Å². The number of ether oxygens (including phenoxy) is 2. The van der Waals surface area contributed by atoms with Crippen LogP contribution in [0.4, 0.5) is 0 Å². The first-order valence-corrected chi connectivity index (χ1v) is 16.4. The Hall–Kier alpha value is -4.40. The number of esters is 1. The third-order valence-corrected chi connectivity index (χ3v) is 9.19. The Morgan fingerprint density at radius 3 is 2.45 bits per heavy atom. The molecule has 44 heavy (non-hydrogen) atoms. The number of nitrogens with zero attached hydrogens (tertiary/aromatic N) is 2. The van der Waals surface area contributed by atoms with Crippen molar-refractivity contribution in [3.05, 3.63) is 139 Å². The highest BCUT2D eigenvalue weighted by molar-refractivity contribution is 7.98. The van der Waals surface area contributed by atoms with Crippen molar-refractivity contribution in [2.24, 2.45) is 4.99 Å². The van der Waals surface area contributed by atoms with E-state index in [1.807, 2.05) is 117 Å². The van der Waals surface area contributed by atoms with E-state index in [4.69, 9.17) is 14.5 Å². The predicted molar refractivity (Wildman–Crippen MR) is 178 cm³/mol. The van der Waals surface area contributed by atoms with E-state index in [1.54, 1.807) is 23.3 Å². The molecule has 8 heteroatoms. The Balaban J connectivity index is 1.53. The van der Waals surface area contributed by atoms with E-state index in [0.29, 0.717) is 33.0 Å². The van der Waals surface area contributed by atoms with Gasteiger partial charge in [0.2, 0.25) is 0 Å². The minimum Gasteiger partial charge on any atom is -0.488 e. The largest absolute Gasteiger partial charge is 0.488 e. The number of allylic oxidation sites excluding steroid dienone is 1. The number of carbonyl (C=O) groups excluding carboxylic acids is 1. The van der Waals surface area contributed by atoms with Crippen molar-refractivity contribution < 1.29 is 14.3 Å². The number of carbonyl (C=O) groups is 1. The molecule has 0 radical (unpaired) electrons. The number of fused-ring (bicyclic) bond motifs is 2. The van der Waals surface area contributed by atoms with Gasteiger partial charge in [-0.05, 0) is 73.2 Å². The lowest BCUT2D eigenvalue weighted by molar-refractivity contribution is -0.143. The Bertz CT molecular complexity index is 2060. The topological polar surface area (TPSA) is 69.9 Å². The summed E-state index contributed by atoms with van der Waals surface area (Å²) in [6.07, 6.45) is 3.59. The number of hydrogen-bond donors (Lipinski definition) is 0. The smallest absolute Gasteiger partial charge is 0.338 e. The maximum atomic E-state index is 14.3. The Morgan fingerprint density at radius 2 is 1.73 bits per heavy atom. The molecule has 0 aliphatic carbocycles. The second kappa shape index (κ2) is 12.7. The van der Waals surface area contributed by atoms with Gasteiger partial charge in [-0.15, -0.1) is 11.8 Å². The van der Waals surface area contributed by atoms with Gasteiger partial charge in [0, 0.05) is 10.5 Å². The molecule has 0 saturated heterocycles. The van der Waals surface area contributed by atoms with Crippen molar-refractivity contribution in [3.63, 3.8) is 0 Å². The zero-order chi connectivity index (χ0) is 30.8. The molecule has 1 aromatic heterocycles. The monoisotopic (exact) mass is 620 g/mol. The summed E-state index contributed by atoms with van der Waals surface area (Å²) >= 11 is 2.94. The molecule has 0 amide bonds. The first-order chi connectivity index (χ1) is 21.3. The molecule has 0 unspecified atom stereocenters. The van der Waals surface area contributed by atoms with Crippen molar-refractivity contribution >= 4 is 45.9 Å². The van der Waals surface area contributed by atoms with Gasteiger partial charge in [-0.25, -0.2) is 9.79 Å². The number of thioether (sulfide) groups is 1. The van der Waals surface area contributed by atoms with Gasteiger partial charge >= 0.3 is 5.97 Å². The Morgan fingerprint density at radius 1 is 1.00 bits per heavy atom. The summed E-state index contributed by atoms with van der Waals surface area (Å²) in [7, 11) is 0. The second-order valence-electron chi connectivity index (χ2n) is 10.8. The van der Waals surface area contributed by atoms with Crippen LogP contribution in [-0.4, -0.2) is 22.9 Å². The molecule has 0 spiro atoms. The maximum Gasteiger partial charge on any atom is 0.338 e. The number of aromatic nitrogens is 1. The molecular formula is C36H32N2O4S2. The van der Waals surface area contributed by atoms with Crippen LogP contribution in [0.1, 0.15) is 43.5 Å². The van der Waals surface area contributed by atoms with Gasteiger partial charge in [0.1, 0.15) is 12.4 Å². The lowest BCUT2D eigenvalue weighted by Crippen LogP contribution is -2.40. The van der Waals surface area contributed by atoms with E-state index in [1.165, 1.54) is 11.3 Å². The maximum absolute atomic E-state index is 14.3. The SMILES string of the molecule is CSc1ccc([C@@H]2C(C(=O)OC(C)C)=C(C)N=c3s/c(=C\c4c(OCc5ccccc5)ccc5ccccc45)c(=O)n32)cc1. The Kier molecular flexibility index (Phi) is 8.55. The van der Waals surface area contributed by atoms with Crippen LogP contribution in [-0.2, 0) is 16.1 Å². The standard InChI is InChI=1S/C36H32N2O4S2/c1-22(2)42-35(40)32-23(3)37-36-38(33(32)26-14-17-27(43-4)18-15-26)34(39)31(44-36)20-29-28-13-9-8-12-25(28)16-19-30(29)41-21-24-10-6-5-7-11-24/h5-20,22,33H,21H2,1-4H3/b31-20-/t33-/m1/s1. The highest BCUT2D eigenvalue weighted by Gasteiger charge is 2.33. The van der Waals surface area contributed by atoms with Crippen molar-refractivity contribution in [2.45, 2.75) is 44.4 Å². The van der Waals surface area contributed by atoms with E-state index < -0.39 is 12.0 Å². The average Bonchev–Trinajstić information content (AvgIpc) is 3.33. The summed E-state index contributed by atoms with van der Waals surface area (Å²) in [5.74, 6) is 0.208. The molecule has 6 nitrogen and oxygen atoms in total. The number of thiazole rings is 1. The summed E-state index contributed by atoms with van der Waals surface area (Å²) < 4.78 is 14.1. The second-order valence-corrected chi connectivity index (χ2v) is 12.7. The third kappa shape index (κ3) is 5.87. The average molecular weight is 621 g/mol. The van der Waals surface area contributed by atoms with Gasteiger partial charge in [-0.2, -0.15) is 0 Å². The summed E-state index contributed by atoms with van der Waals surface area (Å²) in [5, 5.41) is 2.02. The van der Waals surface area contributed by atoms with Crippen molar-refractivity contribution in [1.82, 2.24) is 4.57 Å². The van der Waals surface area contributed by atoms with Crippen LogP contribution >= 0.6 is 23.1 Å². The van der Waals surface area contributed by atoms with Crippen molar-refractivity contribution in [1.29, 1.82) is 0 Å². The molecule has 1 atom stereocenters. The minimum absolute atomic E-state index is 0.225. The fraction of sp³-hybridized carbons (Fsp3) is 0.194. The molecule has 5 aromatic rings. The zero-order valence-electron chi connectivity index (χ0n) is 24.9. The molecule has 6 rings (SSSR count). The van der Waals surface area contributed by atoms with E-state index in [2.05, 4.69) is 0 Å². The van der Waals surface area contributed by atoms with Crippen LogP contribution in [0.3, 0.4) is 0 Å². The zero-order valence-corrected chi connectivity index (χ0v) is 26.6. The molecule has 4 aromatic carbocycles. The van der Waals surface area contributed by atoms with E-state index >= 15 is 0 Å². The number of hydrogen-bond acceptors (Lipinski definition) is 7. The van der Waals surface area contributed by atoms with Crippen LogP contribution < -0.4 is 19.6 Å². The molecule has 0 saturated carbocycles. The van der Waals surface area contributed by atoms with Crippen LogP contribution in [0, 0.1) is 0 Å². The van der Waals surface area contributed by atoms with Gasteiger partial charge in [0.05, 0.1) is 27.9 Å². The van der Waals surface area contributed by atoms with Crippen molar-refractivity contribution in [2.75, 3.05) is 6.26 Å². The summed E-state index contributed by atoms with van der Waals surface area (Å²) in [5.41, 5.74) is 3.37. The molecular weight excluding hydrogens is 589 g/mol. The lowest BCUT2D eigenvalue weighted by Gasteiger charge is -2.25. The fourth-order valence-electron chi connectivity index (χ4n) is 5.38. The molecule has 2 heterocycles. The number of benzene rings is 4. The van der Waals surface area contributed by atoms with Crippen LogP contribution in [0.15, 0.2) is 117 Å². The van der Waals surface area contributed by atoms with Gasteiger partial charge in [0.25, 0.3) is 5.56 Å². The molecule has 1 aliphatic heterocycles. The summed E-state index contributed by atoms with van der Waals surface area (Å²) in [6.45, 7) is 5.82. The molecule has 0 fully saturated rings. The highest BCUT2D eigenvalue weighted by Crippen LogP contribution is 2.33. The lowest BCUT2D eigenvalue weighted by atomic mass is 9.96. The summed E-state index contributed by atoms with van der Waals surface area (Å²) in [4.78, 5) is 34.1. The normalized spacial score (nSPS) is 14.9. The van der Waals surface area contributed by atoms with Crippen molar-refractivity contribution in [3.8, 4) is 5.75 Å². The van der Waals surface area contributed by atoms with Gasteiger partial charge < -0.3 is 9.47 Å². The summed E-state index contributed by atoms with van der Waals surface area (Å²) in [6, 6.07) is 29.3. The number of rotatable bonds is 8. The molecule has 222 valence electrons. The first kappa shape index (κ1) is 29.7. The predicted octanol–water partition coefficient (Wildman–Crippen LogP) is 6.64. The van der Waals surface area contributed by atoms with Crippen LogP contribution in [0.25, 0.3) is 16.8 Å². The molecule has 0 bridgehead atoms. The van der Waals surface area contributed by atoms with E-state index in [-0.39, 0.29) is 11.7 Å². The van der Waals surface area contributed by atoms with E-state index in [0.717, 1.165) is 32.4 Å². The first-order valence-electron chi connectivity index (χ1n) is 14.4. The quantitative estimate of drug-likeness (QED) is 0.144. The fourth-order valence-corrected chi connectivity index (χ4v) is 6.82. The van der Waals surface area contributed by atoms with Gasteiger partial charge in [-0.3, -0.25) is 9.36 Å². The minimum atomic E-state index is -0.670. The van der Waals surface area contributed by atoms with E-state index in [9.17, 15) is 9.59 Å².